The first-order valence-corrected chi connectivity index (χ1v) is 7.68. The minimum atomic E-state index is -0.0993. The van der Waals surface area contributed by atoms with Crippen LogP contribution >= 0.6 is 11.8 Å². The summed E-state index contributed by atoms with van der Waals surface area (Å²) in [4.78, 5) is 22.9. The van der Waals surface area contributed by atoms with Crippen LogP contribution in [0.4, 0.5) is 0 Å². The predicted molar refractivity (Wildman–Crippen MR) is 79.7 cm³/mol. The zero-order chi connectivity index (χ0) is 14.2. The number of carbonyl (C=O) groups excluding carboxylic acids is 2. The smallest absolute Gasteiger partial charge is 0.192 e. The average Bonchev–Trinajstić information content (AvgIpc) is 2.49. The molecule has 2 atom stereocenters. The Labute approximate surface area is 123 Å². The highest BCUT2D eigenvalue weighted by Crippen LogP contribution is 2.33. The monoisotopic (exact) mass is 293 g/mol. The zero-order valence-corrected chi connectivity index (χ0v) is 12.1. The molecule has 0 bridgehead atoms. The van der Waals surface area contributed by atoms with Gasteiger partial charge in [0.15, 0.2) is 5.12 Å². The Morgan fingerprint density at radius 3 is 2.90 bits per heavy atom. The molecule has 1 aromatic rings. The minimum absolute atomic E-state index is 0.0450. The second-order valence-corrected chi connectivity index (χ2v) is 5.95. The van der Waals surface area contributed by atoms with E-state index in [0.29, 0.717) is 19.4 Å². The van der Waals surface area contributed by atoms with E-state index in [1.807, 2.05) is 30.3 Å². The van der Waals surface area contributed by atoms with Crippen molar-refractivity contribution in [3.05, 3.63) is 35.9 Å². The van der Waals surface area contributed by atoms with Gasteiger partial charge in [0.25, 0.3) is 0 Å². The highest BCUT2D eigenvalue weighted by molar-refractivity contribution is 8.13. The number of aldehydes is 1. The third-order valence-corrected chi connectivity index (χ3v) is 4.33. The molecule has 1 aliphatic heterocycles. The maximum atomic E-state index is 12.1. The van der Waals surface area contributed by atoms with Crippen molar-refractivity contribution in [2.24, 2.45) is 0 Å². The summed E-state index contributed by atoms with van der Waals surface area (Å²) in [7, 11) is 0. The standard InChI is InChI=1S/C15H19NO3S/c17-8-6-14(12-4-2-1-3-5-12)20-15(18)10-13-11-16-7-9-19-13/h1-5,8,13-14,16H,6-7,9-11H2/t13?,14-/m0/s1. The van der Waals surface area contributed by atoms with E-state index >= 15 is 0 Å². The summed E-state index contributed by atoms with van der Waals surface area (Å²) in [5.41, 5.74) is 1.01. The summed E-state index contributed by atoms with van der Waals surface area (Å²) in [5.74, 6) is 0. The van der Waals surface area contributed by atoms with E-state index in [1.165, 1.54) is 11.8 Å². The van der Waals surface area contributed by atoms with E-state index in [4.69, 9.17) is 4.74 Å². The van der Waals surface area contributed by atoms with Crippen LogP contribution in [0, 0.1) is 0 Å². The molecule has 1 saturated heterocycles. The first-order chi connectivity index (χ1) is 9.79. The Kier molecular flexibility index (Phi) is 6.24. The van der Waals surface area contributed by atoms with Gasteiger partial charge in [-0.25, -0.2) is 0 Å². The quantitative estimate of drug-likeness (QED) is 0.813. The SMILES string of the molecule is O=CC[C@H](SC(=O)CC1CNCCO1)c1ccccc1. The molecule has 0 saturated carbocycles. The largest absolute Gasteiger partial charge is 0.375 e. The van der Waals surface area contributed by atoms with Gasteiger partial charge in [-0.05, 0) is 5.56 Å². The molecule has 0 aliphatic carbocycles. The molecule has 2 rings (SSSR count). The van der Waals surface area contributed by atoms with Crippen LogP contribution in [0.15, 0.2) is 30.3 Å². The number of thioether (sulfide) groups is 1. The van der Waals surface area contributed by atoms with Gasteiger partial charge in [0.1, 0.15) is 6.29 Å². The van der Waals surface area contributed by atoms with Gasteiger partial charge < -0.3 is 14.8 Å². The van der Waals surface area contributed by atoms with Crippen LogP contribution in [0.25, 0.3) is 0 Å². The van der Waals surface area contributed by atoms with Crippen molar-refractivity contribution in [3.63, 3.8) is 0 Å². The van der Waals surface area contributed by atoms with Crippen molar-refractivity contribution in [2.75, 3.05) is 19.7 Å². The Bertz CT molecular complexity index is 432. The second-order valence-electron chi connectivity index (χ2n) is 4.69. The van der Waals surface area contributed by atoms with Crippen molar-refractivity contribution in [1.29, 1.82) is 0 Å². The molecule has 1 heterocycles. The molecule has 1 unspecified atom stereocenters. The lowest BCUT2D eigenvalue weighted by Crippen LogP contribution is -2.39. The first-order valence-electron chi connectivity index (χ1n) is 6.80. The molecular formula is C15H19NO3S. The summed E-state index contributed by atoms with van der Waals surface area (Å²) >= 11 is 1.24. The highest BCUT2D eigenvalue weighted by Gasteiger charge is 2.21. The van der Waals surface area contributed by atoms with Crippen LogP contribution in [0.1, 0.15) is 23.7 Å². The highest BCUT2D eigenvalue weighted by atomic mass is 32.2. The summed E-state index contributed by atoms with van der Waals surface area (Å²) < 4.78 is 5.53. The van der Waals surface area contributed by atoms with Gasteiger partial charge in [0.05, 0.1) is 12.7 Å². The molecule has 4 nitrogen and oxygen atoms in total. The average molecular weight is 293 g/mol. The van der Waals surface area contributed by atoms with Gasteiger partial charge in [-0.3, -0.25) is 4.79 Å². The van der Waals surface area contributed by atoms with Crippen LogP contribution in [-0.4, -0.2) is 37.2 Å². The van der Waals surface area contributed by atoms with E-state index in [2.05, 4.69) is 5.32 Å². The zero-order valence-electron chi connectivity index (χ0n) is 11.3. The molecule has 0 amide bonds. The fraction of sp³-hybridized carbons (Fsp3) is 0.467. The molecule has 108 valence electrons. The van der Waals surface area contributed by atoms with Gasteiger partial charge in [-0.15, -0.1) is 0 Å². The van der Waals surface area contributed by atoms with Gasteiger partial charge in [-0.1, -0.05) is 42.1 Å². The van der Waals surface area contributed by atoms with Gasteiger partial charge in [-0.2, -0.15) is 0 Å². The molecule has 1 aromatic carbocycles. The van der Waals surface area contributed by atoms with Gasteiger partial charge >= 0.3 is 0 Å². The van der Waals surface area contributed by atoms with E-state index in [9.17, 15) is 9.59 Å². The number of ether oxygens (including phenoxy) is 1. The van der Waals surface area contributed by atoms with E-state index < -0.39 is 0 Å². The van der Waals surface area contributed by atoms with E-state index in [-0.39, 0.29) is 16.5 Å². The molecule has 20 heavy (non-hydrogen) atoms. The lowest BCUT2D eigenvalue weighted by molar-refractivity contribution is -0.114. The molecule has 0 radical (unpaired) electrons. The number of hydrogen-bond donors (Lipinski definition) is 1. The van der Waals surface area contributed by atoms with Crippen molar-refractivity contribution in [2.45, 2.75) is 24.2 Å². The van der Waals surface area contributed by atoms with Crippen LogP contribution in [0.2, 0.25) is 0 Å². The summed E-state index contributed by atoms with van der Waals surface area (Å²) in [6.07, 6.45) is 1.57. The van der Waals surface area contributed by atoms with Crippen molar-refractivity contribution >= 4 is 23.2 Å². The maximum Gasteiger partial charge on any atom is 0.192 e. The lowest BCUT2D eigenvalue weighted by atomic mass is 10.1. The predicted octanol–water partition coefficient (Wildman–Crippen LogP) is 1.95. The number of benzene rings is 1. The van der Waals surface area contributed by atoms with Crippen LogP contribution in [0.5, 0.6) is 0 Å². The molecule has 1 aliphatic rings. The molecule has 0 aromatic heterocycles. The molecule has 1 N–H and O–H groups in total. The number of morpholine rings is 1. The number of rotatable bonds is 6. The van der Waals surface area contributed by atoms with Crippen molar-refractivity contribution in [3.8, 4) is 0 Å². The number of carbonyl (C=O) groups is 2. The first kappa shape index (κ1) is 15.2. The Balaban J connectivity index is 1.90. The van der Waals surface area contributed by atoms with Crippen LogP contribution in [0.3, 0.4) is 0 Å². The lowest BCUT2D eigenvalue weighted by Gasteiger charge is -2.23. The second kappa shape index (κ2) is 8.19. The Morgan fingerprint density at radius 1 is 1.45 bits per heavy atom. The minimum Gasteiger partial charge on any atom is -0.375 e. The third-order valence-electron chi connectivity index (χ3n) is 3.15. The maximum absolute atomic E-state index is 12.1. The number of nitrogens with one attached hydrogen (secondary N) is 1. The summed E-state index contributed by atoms with van der Waals surface area (Å²) in [6.45, 7) is 2.21. The normalized spacial score (nSPS) is 20.3. The third kappa shape index (κ3) is 4.74. The van der Waals surface area contributed by atoms with Gasteiger partial charge in [0, 0.05) is 31.2 Å². The van der Waals surface area contributed by atoms with Crippen molar-refractivity contribution < 1.29 is 14.3 Å². The van der Waals surface area contributed by atoms with Crippen LogP contribution < -0.4 is 5.32 Å². The fourth-order valence-electron chi connectivity index (χ4n) is 2.15. The molecule has 0 spiro atoms. The molecule has 1 fully saturated rings. The summed E-state index contributed by atoms with van der Waals surface area (Å²) in [5, 5.41) is 3.19. The van der Waals surface area contributed by atoms with E-state index in [1.54, 1.807) is 0 Å². The molecule has 5 heteroatoms. The molecular weight excluding hydrogens is 274 g/mol. The summed E-state index contributed by atoms with van der Waals surface area (Å²) in [6, 6.07) is 9.67. The fourth-order valence-corrected chi connectivity index (χ4v) is 3.22. The van der Waals surface area contributed by atoms with E-state index in [0.717, 1.165) is 24.9 Å². The van der Waals surface area contributed by atoms with Crippen molar-refractivity contribution in [1.82, 2.24) is 5.32 Å². The Morgan fingerprint density at radius 2 is 2.25 bits per heavy atom. The Hall–Kier alpha value is -1.17. The van der Waals surface area contributed by atoms with Gasteiger partial charge in [0.2, 0.25) is 0 Å². The number of hydrogen-bond acceptors (Lipinski definition) is 5. The topological polar surface area (TPSA) is 55.4 Å². The van der Waals surface area contributed by atoms with Crippen LogP contribution in [-0.2, 0) is 14.3 Å².